The van der Waals surface area contributed by atoms with Gasteiger partial charge in [-0.05, 0) is 64.3 Å². The standard InChI is InChI=1S/C28H35N3O6S/c1-5-36-25(33)18-38-21-13-9-12-20(16-21)30-27(35)29-17-24(32)31-22(19-10-7-6-8-11-19)14-15-23(31)26(34)37-28(2,3)4/h6-13,16,22-23H,5,14-15,17-18H2,1-4H3,(H2,29,30,35). The first kappa shape index (κ1) is 29.0. The lowest BCUT2D eigenvalue weighted by atomic mass is 10.0. The van der Waals surface area contributed by atoms with Gasteiger partial charge in [-0.15, -0.1) is 11.8 Å². The molecule has 38 heavy (non-hydrogen) atoms. The zero-order chi connectivity index (χ0) is 27.7. The maximum atomic E-state index is 13.4. The summed E-state index contributed by atoms with van der Waals surface area (Å²) < 4.78 is 10.5. The van der Waals surface area contributed by atoms with Gasteiger partial charge in [0.1, 0.15) is 11.6 Å². The van der Waals surface area contributed by atoms with Crippen LogP contribution in [0.15, 0.2) is 59.5 Å². The van der Waals surface area contributed by atoms with E-state index in [1.807, 2.05) is 36.4 Å². The number of ether oxygens (including phenoxy) is 2. The van der Waals surface area contributed by atoms with Gasteiger partial charge in [0.25, 0.3) is 0 Å². The van der Waals surface area contributed by atoms with Gasteiger partial charge < -0.3 is 25.0 Å². The molecule has 3 rings (SSSR count). The largest absolute Gasteiger partial charge is 0.465 e. The Bertz CT molecular complexity index is 1130. The van der Waals surface area contributed by atoms with Gasteiger partial charge in [0, 0.05) is 10.6 Å². The first-order valence-corrected chi connectivity index (χ1v) is 13.6. The number of benzene rings is 2. The quantitative estimate of drug-likeness (QED) is 0.354. The molecule has 1 heterocycles. The molecule has 1 aliphatic heterocycles. The van der Waals surface area contributed by atoms with Gasteiger partial charge in [0.2, 0.25) is 5.91 Å². The molecular formula is C28H35N3O6S. The van der Waals surface area contributed by atoms with Crippen molar-refractivity contribution in [1.29, 1.82) is 0 Å². The molecule has 204 valence electrons. The van der Waals surface area contributed by atoms with Crippen LogP contribution < -0.4 is 10.6 Å². The predicted molar refractivity (Wildman–Crippen MR) is 146 cm³/mol. The topological polar surface area (TPSA) is 114 Å². The predicted octanol–water partition coefficient (Wildman–Crippen LogP) is 4.54. The van der Waals surface area contributed by atoms with Crippen LogP contribution in [0.1, 0.15) is 52.1 Å². The molecule has 0 aliphatic carbocycles. The Morgan fingerprint density at radius 2 is 1.76 bits per heavy atom. The maximum absolute atomic E-state index is 13.4. The molecule has 3 amide bonds. The van der Waals surface area contributed by atoms with Crippen LogP contribution in [0.5, 0.6) is 0 Å². The molecular weight excluding hydrogens is 506 g/mol. The first-order valence-electron chi connectivity index (χ1n) is 12.6. The van der Waals surface area contributed by atoms with Crippen LogP contribution in [0.4, 0.5) is 10.5 Å². The Morgan fingerprint density at radius 3 is 2.45 bits per heavy atom. The van der Waals surface area contributed by atoms with Crippen LogP contribution in [0.25, 0.3) is 0 Å². The van der Waals surface area contributed by atoms with Crippen molar-refractivity contribution in [2.45, 2.75) is 63.1 Å². The highest BCUT2D eigenvalue weighted by molar-refractivity contribution is 8.00. The van der Waals surface area contributed by atoms with Crippen LogP contribution in [0.2, 0.25) is 0 Å². The van der Waals surface area contributed by atoms with Crippen molar-refractivity contribution >= 4 is 41.3 Å². The van der Waals surface area contributed by atoms with Crippen molar-refractivity contribution in [2.24, 2.45) is 0 Å². The number of rotatable bonds is 9. The van der Waals surface area contributed by atoms with Gasteiger partial charge >= 0.3 is 18.0 Å². The third-order valence-electron chi connectivity index (χ3n) is 5.69. The molecule has 2 aromatic rings. The van der Waals surface area contributed by atoms with E-state index in [4.69, 9.17) is 9.47 Å². The number of thioether (sulfide) groups is 1. The molecule has 1 aliphatic rings. The molecule has 0 aromatic heterocycles. The van der Waals surface area contributed by atoms with Crippen molar-refractivity contribution < 1.29 is 28.7 Å². The van der Waals surface area contributed by atoms with E-state index in [2.05, 4.69) is 10.6 Å². The highest BCUT2D eigenvalue weighted by Gasteiger charge is 2.43. The van der Waals surface area contributed by atoms with Crippen molar-refractivity contribution in [2.75, 3.05) is 24.2 Å². The number of nitrogens with one attached hydrogen (secondary N) is 2. The van der Waals surface area contributed by atoms with Crippen LogP contribution in [-0.4, -0.2) is 59.3 Å². The smallest absolute Gasteiger partial charge is 0.329 e. The summed E-state index contributed by atoms with van der Waals surface area (Å²) in [5.74, 6) is -0.977. The molecule has 0 bridgehead atoms. The lowest BCUT2D eigenvalue weighted by Crippen LogP contribution is -2.48. The van der Waals surface area contributed by atoms with Gasteiger partial charge in [0.15, 0.2) is 0 Å². The number of carbonyl (C=O) groups is 4. The molecule has 0 spiro atoms. The SMILES string of the molecule is CCOC(=O)CSc1cccc(NC(=O)NCC(=O)N2C(C(=O)OC(C)(C)C)CCC2c2ccccc2)c1. The molecule has 2 N–H and O–H groups in total. The number of amides is 3. The Kier molecular flexibility index (Phi) is 10.2. The molecule has 10 heteroatoms. The van der Waals surface area contributed by atoms with Gasteiger partial charge in [-0.3, -0.25) is 9.59 Å². The summed E-state index contributed by atoms with van der Waals surface area (Å²) in [4.78, 5) is 52.8. The second-order valence-electron chi connectivity index (χ2n) is 9.78. The van der Waals surface area contributed by atoms with Gasteiger partial charge in [-0.1, -0.05) is 36.4 Å². The Morgan fingerprint density at radius 1 is 1.03 bits per heavy atom. The molecule has 9 nitrogen and oxygen atoms in total. The minimum atomic E-state index is -0.732. The lowest BCUT2D eigenvalue weighted by Gasteiger charge is -2.31. The molecule has 1 fully saturated rings. The summed E-state index contributed by atoms with van der Waals surface area (Å²) in [5.41, 5.74) is 0.755. The fraction of sp³-hybridized carbons (Fsp3) is 0.429. The highest BCUT2D eigenvalue weighted by atomic mass is 32.2. The van der Waals surface area contributed by atoms with E-state index in [1.165, 1.54) is 16.7 Å². The summed E-state index contributed by atoms with van der Waals surface area (Å²) in [6.45, 7) is 7.15. The number of carbonyl (C=O) groups excluding carboxylic acids is 4. The first-order chi connectivity index (χ1) is 18.1. The molecule has 1 saturated heterocycles. The average Bonchev–Trinajstić information content (AvgIpc) is 3.32. The number of urea groups is 1. The number of likely N-dealkylation sites (tertiary alicyclic amines) is 1. The third-order valence-corrected chi connectivity index (χ3v) is 6.66. The fourth-order valence-corrected chi connectivity index (χ4v) is 4.95. The number of esters is 2. The third kappa shape index (κ3) is 8.51. The van der Waals surface area contributed by atoms with E-state index < -0.39 is 23.6 Å². The second kappa shape index (κ2) is 13.3. The van der Waals surface area contributed by atoms with Gasteiger partial charge in [0.05, 0.1) is 24.9 Å². The Balaban J connectivity index is 1.63. The maximum Gasteiger partial charge on any atom is 0.329 e. The van der Waals surface area contributed by atoms with E-state index in [9.17, 15) is 19.2 Å². The lowest BCUT2D eigenvalue weighted by molar-refractivity contribution is -0.164. The molecule has 2 atom stereocenters. The van der Waals surface area contributed by atoms with Crippen molar-refractivity contribution in [3.63, 3.8) is 0 Å². The summed E-state index contributed by atoms with van der Waals surface area (Å²) in [5, 5.41) is 5.31. The summed E-state index contributed by atoms with van der Waals surface area (Å²) in [6.07, 6.45) is 1.09. The Labute approximate surface area is 227 Å². The van der Waals surface area contributed by atoms with Crippen LogP contribution in [0.3, 0.4) is 0 Å². The monoisotopic (exact) mass is 541 g/mol. The summed E-state index contributed by atoms with van der Waals surface area (Å²) in [6, 6.07) is 15.0. The van der Waals surface area contributed by atoms with Gasteiger partial charge in [-0.2, -0.15) is 0 Å². The summed E-state index contributed by atoms with van der Waals surface area (Å²) in [7, 11) is 0. The number of hydrogen-bond acceptors (Lipinski definition) is 7. The molecule has 0 radical (unpaired) electrons. The van der Waals surface area contributed by atoms with E-state index in [1.54, 1.807) is 45.9 Å². The van der Waals surface area contributed by atoms with Crippen molar-refractivity contribution in [1.82, 2.24) is 10.2 Å². The van der Waals surface area contributed by atoms with E-state index in [-0.39, 0.29) is 30.2 Å². The second-order valence-corrected chi connectivity index (χ2v) is 10.8. The van der Waals surface area contributed by atoms with Gasteiger partial charge in [-0.25, -0.2) is 9.59 Å². The van der Waals surface area contributed by atoms with Crippen molar-refractivity contribution in [3.8, 4) is 0 Å². The number of nitrogens with zero attached hydrogens (tertiary/aromatic N) is 1. The van der Waals surface area contributed by atoms with E-state index >= 15 is 0 Å². The number of anilines is 1. The van der Waals surface area contributed by atoms with E-state index in [0.717, 1.165) is 10.5 Å². The van der Waals surface area contributed by atoms with Crippen LogP contribution >= 0.6 is 11.8 Å². The van der Waals surface area contributed by atoms with E-state index in [0.29, 0.717) is 25.1 Å². The van der Waals surface area contributed by atoms with Crippen molar-refractivity contribution in [3.05, 3.63) is 60.2 Å². The fourth-order valence-electron chi connectivity index (χ4n) is 4.19. The minimum Gasteiger partial charge on any atom is -0.465 e. The minimum absolute atomic E-state index is 0.162. The number of hydrogen-bond donors (Lipinski definition) is 2. The normalized spacial score (nSPS) is 17.0. The zero-order valence-electron chi connectivity index (χ0n) is 22.2. The average molecular weight is 542 g/mol. The Hall–Kier alpha value is -3.53. The molecule has 2 aromatic carbocycles. The molecule has 2 unspecified atom stereocenters. The van der Waals surface area contributed by atoms with Crippen LogP contribution in [-0.2, 0) is 23.9 Å². The highest BCUT2D eigenvalue weighted by Crippen LogP contribution is 2.37. The van der Waals surface area contributed by atoms with Crippen LogP contribution in [0, 0.1) is 0 Å². The zero-order valence-corrected chi connectivity index (χ0v) is 23.0. The summed E-state index contributed by atoms with van der Waals surface area (Å²) >= 11 is 1.30. The molecule has 0 saturated carbocycles.